The lowest BCUT2D eigenvalue weighted by Gasteiger charge is -2.36. The van der Waals surface area contributed by atoms with Crippen molar-refractivity contribution in [3.8, 4) is 0 Å². The molecule has 0 amide bonds. The number of likely N-dealkylation sites (tertiary alicyclic amines) is 1. The van der Waals surface area contributed by atoms with Gasteiger partial charge in [0.25, 0.3) is 0 Å². The van der Waals surface area contributed by atoms with Gasteiger partial charge < -0.3 is 10.6 Å². The average Bonchev–Trinajstić information content (AvgIpc) is 2.39. The van der Waals surface area contributed by atoms with Gasteiger partial charge in [0.05, 0.1) is 0 Å². The Morgan fingerprint density at radius 3 is 2.88 bits per heavy atom. The summed E-state index contributed by atoms with van der Waals surface area (Å²) in [7, 11) is 0. The van der Waals surface area contributed by atoms with Crippen LogP contribution in [0.15, 0.2) is 24.5 Å². The largest absolute Gasteiger partial charge is 0.327 e. The van der Waals surface area contributed by atoms with Crippen molar-refractivity contribution in [1.82, 2.24) is 9.88 Å². The highest BCUT2D eigenvalue weighted by molar-refractivity contribution is 5.10. The van der Waals surface area contributed by atoms with Gasteiger partial charge in [-0.25, -0.2) is 0 Å². The van der Waals surface area contributed by atoms with Crippen LogP contribution in [0.3, 0.4) is 0 Å². The molecule has 0 radical (unpaired) electrons. The molecule has 1 aliphatic heterocycles. The van der Waals surface area contributed by atoms with Gasteiger partial charge in [-0.2, -0.15) is 0 Å². The third-order valence-corrected chi connectivity index (χ3v) is 3.87. The van der Waals surface area contributed by atoms with E-state index in [2.05, 4.69) is 28.9 Å². The number of nitrogens with zero attached hydrogens (tertiary/aromatic N) is 2. The number of hydrogen-bond donors (Lipinski definition) is 1. The number of rotatable bonds is 4. The summed E-state index contributed by atoms with van der Waals surface area (Å²) in [6.45, 7) is 5.72. The standard InChI is InChI=1S/C14H23N3/c1-2-13-11-17(10-6-14(13)15)9-5-12-3-7-16-8-4-12/h3-4,7-8,13-14H,2,5-6,9-11,15H2,1H3. The number of pyridine rings is 1. The van der Waals surface area contributed by atoms with E-state index in [4.69, 9.17) is 5.73 Å². The Labute approximate surface area is 104 Å². The molecule has 3 heteroatoms. The zero-order chi connectivity index (χ0) is 12.1. The lowest BCUT2D eigenvalue weighted by atomic mass is 9.90. The van der Waals surface area contributed by atoms with Gasteiger partial charge in [0.1, 0.15) is 0 Å². The highest BCUT2D eigenvalue weighted by Crippen LogP contribution is 2.18. The zero-order valence-electron chi connectivity index (χ0n) is 10.7. The van der Waals surface area contributed by atoms with Gasteiger partial charge in [0.15, 0.2) is 0 Å². The number of nitrogens with two attached hydrogens (primary N) is 1. The van der Waals surface area contributed by atoms with Crippen LogP contribution in [0.25, 0.3) is 0 Å². The van der Waals surface area contributed by atoms with Crippen molar-refractivity contribution in [3.05, 3.63) is 30.1 Å². The van der Waals surface area contributed by atoms with Crippen LogP contribution in [0.1, 0.15) is 25.3 Å². The Hall–Kier alpha value is -0.930. The summed E-state index contributed by atoms with van der Waals surface area (Å²) in [5.41, 5.74) is 7.50. The number of hydrogen-bond acceptors (Lipinski definition) is 3. The molecule has 1 aliphatic rings. The smallest absolute Gasteiger partial charge is 0.0270 e. The van der Waals surface area contributed by atoms with E-state index in [9.17, 15) is 0 Å². The molecule has 1 aromatic rings. The normalized spacial score (nSPS) is 26.0. The van der Waals surface area contributed by atoms with E-state index >= 15 is 0 Å². The Morgan fingerprint density at radius 2 is 2.18 bits per heavy atom. The predicted octanol–water partition coefficient (Wildman–Crippen LogP) is 1.68. The van der Waals surface area contributed by atoms with Gasteiger partial charge >= 0.3 is 0 Å². The van der Waals surface area contributed by atoms with E-state index in [1.54, 1.807) is 0 Å². The maximum absolute atomic E-state index is 6.12. The van der Waals surface area contributed by atoms with Crippen LogP contribution in [-0.4, -0.2) is 35.6 Å². The molecule has 1 saturated heterocycles. The minimum absolute atomic E-state index is 0.414. The highest BCUT2D eigenvalue weighted by Gasteiger charge is 2.24. The van der Waals surface area contributed by atoms with Crippen molar-refractivity contribution >= 4 is 0 Å². The van der Waals surface area contributed by atoms with Crippen molar-refractivity contribution < 1.29 is 0 Å². The van der Waals surface area contributed by atoms with Gasteiger partial charge in [0, 0.05) is 31.5 Å². The monoisotopic (exact) mass is 233 g/mol. The van der Waals surface area contributed by atoms with Crippen molar-refractivity contribution in [1.29, 1.82) is 0 Å². The van der Waals surface area contributed by atoms with E-state index in [0.29, 0.717) is 12.0 Å². The molecule has 3 nitrogen and oxygen atoms in total. The molecule has 2 atom stereocenters. The average molecular weight is 233 g/mol. The first kappa shape index (κ1) is 12.5. The quantitative estimate of drug-likeness (QED) is 0.860. The summed E-state index contributed by atoms with van der Waals surface area (Å²) < 4.78 is 0. The van der Waals surface area contributed by atoms with Crippen LogP contribution in [0.4, 0.5) is 0 Å². The van der Waals surface area contributed by atoms with Gasteiger partial charge in [-0.1, -0.05) is 13.3 Å². The first-order valence-corrected chi connectivity index (χ1v) is 6.66. The first-order valence-electron chi connectivity index (χ1n) is 6.66. The van der Waals surface area contributed by atoms with Crippen LogP contribution in [-0.2, 0) is 6.42 Å². The lowest BCUT2D eigenvalue weighted by Crippen LogP contribution is -2.47. The summed E-state index contributed by atoms with van der Waals surface area (Å²) in [4.78, 5) is 6.60. The van der Waals surface area contributed by atoms with Gasteiger partial charge in [-0.15, -0.1) is 0 Å². The minimum Gasteiger partial charge on any atom is -0.327 e. The van der Waals surface area contributed by atoms with Crippen LogP contribution in [0.5, 0.6) is 0 Å². The maximum Gasteiger partial charge on any atom is 0.0270 e. The van der Waals surface area contributed by atoms with Crippen LogP contribution in [0.2, 0.25) is 0 Å². The summed E-state index contributed by atoms with van der Waals surface area (Å²) in [6, 6.07) is 4.62. The van der Waals surface area contributed by atoms with E-state index in [-0.39, 0.29) is 0 Å². The molecule has 0 aliphatic carbocycles. The van der Waals surface area contributed by atoms with E-state index in [1.165, 1.54) is 18.5 Å². The van der Waals surface area contributed by atoms with Crippen molar-refractivity contribution in [2.75, 3.05) is 19.6 Å². The Bertz CT molecular complexity index is 325. The van der Waals surface area contributed by atoms with Gasteiger partial charge in [-0.3, -0.25) is 4.98 Å². The second-order valence-electron chi connectivity index (χ2n) is 5.03. The summed E-state index contributed by atoms with van der Waals surface area (Å²) >= 11 is 0. The van der Waals surface area contributed by atoms with E-state index < -0.39 is 0 Å². The van der Waals surface area contributed by atoms with Crippen molar-refractivity contribution in [2.45, 2.75) is 32.2 Å². The fourth-order valence-corrected chi connectivity index (χ4v) is 2.60. The fraction of sp³-hybridized carbons (Fsp3) is 0.643. The molecule has 94 valence electrons. The molecule has 0 spiro atoms. The van der Waals surface area contributed by atoms with E-state index in [0.717, 1.165) is 25.9 Å². The predicted molar refractivity (Wildman–Crippen MR) is 70.8 cm³/mol. The maximum atomic E-state index is 6.12. The number of piperidine rings is 1. The Kier molecular flexibility index (Phi) is 4.51. The third kappa shape index (κ3) is 3.51. The second-order valence-corrected chi connectivity index (χ2v) is 5.03. The molecule has 2 unspecified atom stereocenters. The molecule has 2 N–H and O–H groups in total. The SMILES string of the molecule is CCC1CN(CCc2ccncc2)CCC1N. The molecule has 1 fully saturated rings. The molecule has 0 saturated carbocycles. The van der Waals surface area contributed by atoms with Gasteiger partial charge in [-0.05, 0) is 43.0 Å². The zero-order valence-corrected chi connectivity index (χ0v) is 10.7. The van der Waals surface area contributed by atoms with Crippen molar-refractivity contribution in [2.24, 2.45) is 11.7 Å². The van der Waals surface area contributed by atoms with Crippen LogP contribution >= 0.6 is 0 Å². The Morgan fingerprint density at radius 1 is 1.41 bits per heavy atom. The Balaban J connectivity index is 1.80. The second kappa shape index (κ2) is 6.12. The molecule has 0 aromatic carbocycles. The van der Waals surface area contributed by atoms with Crippen LogP contribution < -0.4 is 5.73 Å². The lowest BCUT2D eigenvalue weighted by molar-refractivity contribution is 0.153. The molecule has 2 heterocycles. The molecule has 1 aromatic heterocycles. The molecule has 2 rings (SSSR count). The number of aromatic nitrogens is 1. The summed E-state index contributed by atoms with van der Waals surface area (Å²) in [5, 5.41) is 0. The molecular formula is C14H23N3. The van der Waals surface area contributed by atoms with Crippen molar-refractivity contribution in [3.63, 3.8) is 0 Å². The van der Waals surface area contributed by atoms with E-state index in [1.807, 2.05) is 12.4 Å². The molecule has 17 heavy (non-hydrogen) atoms. The minimum atomic E-state index is 0.414. The van der Waals surface area contributed by atoms with Crippen LogP contribution in [0, 0.1) is 5.92 Å². The molecule has 0 bridgehead atoms. The topological polar surface area (TPSA) is 42.2 Å². The first-order chi connectivity index (χ1) is 8.29. The summed E-state index contributed by atoms with van der Waals surface area (Å²) in [6.07, 6.45) is 7.21. The third-order valence-electron chi connectivity index (χ3n) is 3.87. The van der Waals surface area contributed by atoms with Gasteiger partial charge in [0.2, 0.25) is 0 Å². The fourth-order valence-electron chi connectivity index (χ4n) is 2.60. The summed E-state index contributed by atoms with van der Waals surface area (Å²) in [5.74, 6) is 0.682. The highest BCUT2D eigenvalue weighted by atomic mass is 15.1. The molecular weight excluding hydrogens is 210 g/mol.